The van der Waals surface area contributed by atoms with Crippen LogP contribution in [0.2, 0.25) is 0 Å². The molecule has 1 heterocycles. The molecule has 0 aliphatic carbocycles. The quantitative estimate of drug-likeness (QED) is 0.743. The van der Waals surface area contributed by atoms with Crippen LogP contribution in [0.4, 0.5) is 0 Å². The Balaban J connectivity index is 2.52. The summed E-state index contributed by atoms with van der Waals surface area (Å²) in [6.07, 6.45) is 0.172. The molecular formula is C12H11N3O2. The number of benzene rings is 1. The Hall–Kier alpha value is -2.35. The highest BCUT2D eigenvalue weighted by Gasteiger charge is 2.12. The van der Waals surface area contributed by atoms with Crippen LogP contribution in [0.25, 0.3) is 11.0 Å². The van der Waals surface area contributed by atoms with Gasteiger partial charge in [-0.15, -0.1) is 0 Å². The Labute approximate surface area is 98.2 Å². The first-order chi connectivity index (χ1) is 8.26. The molecule has 5 nitrogen and oxygen atoms in total. The lowest BCUT2D eigenvalue weighted by molar-refractivity contribution is -0.141. The van der Waals surface area contributed by atoms with Crippen molar-refractivity contribution in [1.82, 2.24) is 9.55 Å². The number of imidazole rings is 1. The molecule has 1 aromatic carbocycles. The maximum Gasteiger partial charge on any atom is 0.325 e. The number of hydrogen-bond donors (Lipinski definition) is 0. The molecule has 0 spiro atoms. The molecule has 0 saturated heterocycles. The maximum absolute atomic E-state index is 11.3. The third-order valence-electron chi connectivity index (χ3n) is 2.49. The summed E-state index contributed by atoms with van der Waals surface area (Å²) in [5, 5.41) is 8.74. The molecule has 0 fully saturated rings. The molecule has 1 aromatic heterocycles. The number of nitrogens with zero attached hydrogens (tertiary/aromatic N) is 3. The fraction of sp³-hybridized carbons (Fsp3) is 0.250. The second-order valence-electron chi connectivity index (χ2n) is 3.51. The first-order valence-electron chi connectivity index (χ1n) is 5.14. The Kier molecular flexibility index (Phi) is 3.06. The van der Waals surface area contributed by atoms with E-state index in [9.17, 15) is 4.79 Å². The molecular weight excluding hydrogens is 218 g/mol. The highest BCUT2D eigenvalue weighted by molar-refractivity contribution is 5.78. The second-order valence-corrected chi connectivity index (χ2v) is 3.51. The van der Waals surface area contributed by atoms with E-state index in [2.05, 4.69) is 9.72 Å². The van der Waals surface area contributed by atoms with Crippen molar-refractivity contribution < 1.29 is 9.53 Å². The van der Waals surface area contributed by atoms with Crippen molar-refractivity contribution in [3.05, 3.63) is 30.1 Å². The van der Waals surface area contributed by atoms with Crippen LogP contribution in [-0.4, -0.2) is 22.6 Å². The second kappa shape index (κ2) is 4.66. The monoisotopic (exact) mass is 229 g/mol. The first kappa shape index (κ1) is 11.1. The average molecular weight is 229 g/mol. The highest BCUT2D eigenvalue weighted by atomic mass is 16.5. The van der Waals surface area contributed by atoms with E-state index in [1.165, 1.54) is 7.11 Å². The molecule has 0 unspecified atom stereocenters. The predicted octanol–water partition coefficient (Wildman–Crippen LogP) is 1.28. The lowest BCUT2D eigenvalue weighted by Gasteiger charge is -2.05. The Bertz CT molecular complexity index is 595. The van der Waals surface area contributed by atoms with Crippen LogP contribution in [0.5, 0.6) is 0 Å². The number of methoxy groups -OCH3 is 1. The molecule has 2 rings (SSSR count). The summed E-state index contributed by atoms with van der Waals surface area (Å²) < 4.78 is 6.35. The van der Waals surface area contributed by atoms with Gasteiger partial charge in [-0.25, -0.2) is 4.98 Å². The molecule has 17 heavy (non-hydrogen) atoms. The Morgan fingerprint density at radius 2 is 2.29 bits per heavy atom. The van der Waals surface area contributed by atoms with Crippen molar-refractivity contribution in [1.29, 1.82) is 5.26 Å². The summed E-state index contributed by atoms with van der Waals surface area (Å²) in [5.41, 5.74) is 1.62. The topological polar surface area (TPSA) is 67.9 Å². The van der Waals surface area contributed by atoms with E-state index >= 15 is 0 Å². The number of esters is 1. The lowest BCUT2D eigenvalue weighted by Crippen LogP contribution is -2.13. The van der Waals surface area contributed by atoms with E-state index in [4.69, 9.17) is 5.26 Å². The van der Waals surface area contributed by atoms with Gasteiger partial charge in [0.15, 0.2) is 0 Å². The van der Waals surface area contributed by atoms with Crippen molar-refractivity contribution in [2.24, 2.45) is 0 Å². The van der Waals surface area contributed by atoms with Gasteiger partial charge >= 0.3 is 5.97 Å². The van der Waals surface area contributed by atoms with Gasteiger partial charge in [0, 0.05) is 0 Å². The zero-order valence-corrected chi connectivity index (χ0v) is 9.38. The van der Waals surface area contributed by atoms with Crippen LogP contribution in [0.15, 0.2) is 24.3 Å². The molecule has 0 aliphatic heterocycles. The molecule has 2 aromatic rings. The fourth-order valence-corrected chi connectivity index (χ4v) is 1.70. The molecule has 0 aliphatic rings. The van der Waals surface area contributed by atoms with Crippen molar-refractivity contribution in [2.75, 3.05) is 7.11 Å². The zero-order chi connectivity index (χ0) is 12.3. The molecule has 86 valence electrons. The standard InChI is InChI=1S/C12H11N3O2/c1-17-12(16)8-15-10-5-3-2-4-9(10)14-11(15)6-7-13/h2-5H,6,8H2,1H3. The van der Waals surface area contributed by atoms with E-state index in [1.807, 2.05) is 30.3 Å². The number of rotatable bonds is 3. The summed E-state index contributed by atoms with van der Waals surface area (Å²) in [6.45, 7) is 0.0774. The average Bonchev–Trinajstić information content (AvgIpc) is 2.68. The number of nitriles is 1. The molecule has 5 heteroatoms. The highest BCUT2D eigenvalue weighted by Crippen LogP contribution is 2.16. The SMILES string of the molecule is COC(=O)Cn1c(CC#N)nc2ccccc21. The smallest absolute Gasteiger partial charge is 0.325 e. The van der Waals surface area contributed by atoms with Gasteiger partial charge in [0.2, 0.25) is 0 Å². The summed E-state index contributed by atoms with van der Waals surface area (Å²) in [7, 11) is 1.34. The number of aromatic nitrogens is 2. The van der Waals surface area contributed by atoms with Gasteiger partial charge in [-0.3, -0.25) is 4.79 Å². The fourth-order valence-electron chi connectivity index (χ4n) is 1.70. The van der Waals surface area contributed by atoms with Gasteiger partial charge in [0.25, 0.3) is 0 Å². The minimum atomic E-state index is -0.354. The van der Waals surface area contributed by atoms with E-state index in [0.717, 1.165) is 11.0 Å². The minimum absolute atomic E-state index is 0.0774. The van der Waals surface area contributed by atoms with Crippen LogP contribution in [0, 0.1) is 11.3 Å². The number of ether oxygens (including phenoxy) is 1. The van der Waals surface area contributed by atoms with Crippen LogP contribution >= 0.6 is 0 Å². The van der Waals surface area contributed by atoms with Gasteiger partial charge in [0.05, 0.1) is 30.6 Å². The van der Waals surface area contributed by atoms with E-state index < -0.39 is 0 Å². The summed E-state index contributed by atoms with van der Waals surface area (Å²) >= 11 is 0. The van der Waals surface area contributed by atoms with Gasteiger partial charge in [-0.1, -0.05) is 12.1 Å². The largest absolute Gasteiger partial charge is 0.468 e. The van der Waals surface area contributed by atoms with Gasteiger partial charge in [-0.05, 0) is 12.1 Å². The van der Waals surface area contributed by atoms with Crippen LogP contribution in [0.3, 0.4) is 0 Å². The van der Waals surface area contributed by atoms with Gasteiger partial charge in [-0.2, -0.15) is 5.26 Å². The van der Waals surface area contributed by atoms with Crippen molar-refractivity contribution in [3.8, 4) is 6.07 Å². The summed E-state index contributed by atoms with van der Waals surface area (Å²) in [5.74, 6) is 0.228. The van der Waals surface area contributed by atoms with Gasteiger partial charge < -0.3 is 9.30 Å². The first-order valence-corrected chi connectivity index (χ1v) is 5.14. The molecule has 0 radical (unpaired) electrons. The van der Waals surface area contributed by atoms with Crippen LogP contribution in [0.1, 0.15) is 5.82 Å². The predicted molar refractivity (Wildman–Crippen MR) is 61.1 cm³/mol. The lowest BCUT2D eigenvalue weighted by atomic mass is 10.3. The molecule has 0 bridgehead atoms. The third kappa shape index (κ3) is 2.11. The summed E-state index contributed by atoms with van der Waals surface area (Å²) in [6, 6.07) is 9.50. The normalized spacial score (nSPS) is 10.1. The molecule has 0 amide bonds. The molecule has 0 atom stereocenters. The van der Waals surface area contributed by atoms with Crippen molar-refractivity contribution >= 4 is 17.0 Å². The maximum atomic E-state index is 11.3. The number of carbonyl (C=O) groups is 1. The molecule has 0 saturated carbocycles. The van der Waals surface area contributed by atoms with Crippen LogP contribution in [-0.2, 0) is 22.5 Å². The van der Waals surface area contributed by atoms with Crippen LogP contribution < -0.4 is 0 Å². The third-order valence-corrected chi connectivity index (χ3v) is 2.49. The number of fused-ring (bicyclic) bond motifs is 1. The van der Waals surface area contributed by atoms with Gasteiger partial charge in [0.1, 0.15) is 12.4 Å². The summed E-state index contributed by atoms with van der Waals surface area (Å²) in [4.78, 5) is 15.6. The Morgan fingerprint density at radius 1 is 1.53 bits per heavy atom. The van der Waals surface area contributed by atoms with E-state index in [0.29, 0.717) is 5.82 Å². The zero-order valence-electron chi connectivity index (χ0n) is 9.38. The molecule has 0 N–H and O–H groups in total. The number of carbonyl (C=O) groups excluding carboxylic acids is 1. The van der Waals surface area contributed by atoms with Crippen molar-refractivity contribution in [3.63, 3.8) is 0 Å². The number of hydrogen-bond acceptors (Lipinski definition) is 4. The van der Waals surface area contributed by atoms with E-state index in [1.54, 1.807) is 4.57 Å². The van der Waals surface area contributed by atoms with Crippen molar-refractivity contribution in [2.45, 2.75) is 13.0 Å². The minimum Gasteiger partial charge on any atom is -0.468 e. The number of para-hydroxylation sites is 2. The Morgan fingerprint density at radius 3 is 3.00 bits per heavy atom. The van der Waals surface area contributed by atoms with E-state index in [-0.39, 0.29) is 18.9 Å².